The van der Waals surface area contributed by atoms with Crippen molar-refractivity contribution in [3.05, 3.63) is 65.5 Å². The van der Waals surface area contributed by atoms with Crippen LogP contribution in [0.5, 0.6) is 0 Å². The first kappa shape index (κ1) is 34.0. The number of carbonyl (C=O) groups excluding carboxylic acids is 5. The number of benzene rings is 2. The molecule has 44 heavy (non-hydrogen) atoms. The Morgan fingerprint density at radius 3 is 2.36 bits per heavy atom. The SMILES string of the molecule is CCOC(=O)c1cccc(NC(=O)NCC(=O)N2C(C(=O)OC(C)(C)C)CC(C(=O)NCC(C)C)C2c2ccccc2F)c1. The summed E-state index contributed by atoms with van der Waals surface area (Å²) in [4.78, 5) is 66.5. The van der Waals surface area contributed by atoms with Crippen LogP contribution in [0.1, 0.15) is 69.9 Å². The molecule has 0 saturated carbocycles. The second kappa shape index (κ2) is 14.8. The van der Waals surface area contributed by atoms with Gasteiger partial charge >= 0.3 is 18.0 Å². The average Bonchev–Trinajstić information content (AvgIpc) is 3.35. The van der Waals surface area contributed by atoms with Crippen molar-refractivity contribution in [3.8, 4) is 0 Å². The average molecular weight is 613 g/mol. The van der Waals surface area contributed by atoms with Gasteiger partial charge in [0.15, 0.2) is 0 Å². The normalized spacial score (nSPS) is 18.0. The van der Waals surface area contributed by atoms with Crippen LogP contribution < -0.4 is 16.0 Å². The molecule has 2 aromatic rings. The number of esters is 2. The van der Waals surface area contributed by atoms with Gasteiger partial charge in [-0.2, -0.15) is 0 Å². The molecule has 3 atom stereocenters. The van der Waals surface area contributed by atoms with Gasteiger partial charge in [0.25, 0.3) is 0 Å². The van der Waals surface area contributed by atoms with E-state index in [1.807, 2.05) is 13.8 Å². The number of rotatable bonds is 10. The van der Waals surface area contributed by atoms with E-state index in [0.29, 0.717) is 6.54 Å². The Morgan fingerprint density at radius 2 is 1.73 bits per heavy atom. The van der Waals surface area contributed by atoms with E-state index in [-0.39, 0.29) is 35.8 Å². The third-order valence-electron chi connectivity index (χ3n) is 6.74. The van der Waals surface area contributed by atoms with Crippen LogP contribution in [0.15, 0.2) is 48.5 Å². The Kier molecular flexibility index (Phi) is 11.4. The number of nitrogens with one attached hydrogen (secondary N) is 3. The molecule has 3 unspecified atom stereocenters. The Bertz CT molecular complexity index is 1370. The summed E-state index contributed by atoms with van der Waals surface area (Å²) in [6, 6.07) is 8.72. The van der Waals surface area contributed by atoms with Crippen molar-refractivity contribution < 1.29 is 37.8 Å². The summed E-state index contributed by atoms with van der Waals surface area (Å²) in [7, 11) is 0. The van der Waals surface area contributed by atoms with Crippen molar-refractivity contribution in [2.24, 2.45) is 11.8 Å². The second-order valence-corrected chi connectivity index (χ2v) is 11.9. The number of anilines is 1. The standard InChI is InChI=1S/C32H41FN4O7/c1-7-43-29(40)20-11-10-12-21(15-20)36-31(42)35-18-26(38)37-25(30(41)44-32(4,5)6)16-23(28(39)34-17-19(2)3)27(37)22-13-8-9-14-24(22)33/h8-15,19,23,25,27H,7,16-18H2,1-6H3,(H,34,39)(H2,35,36,42). The molecule has 1 aliphatic rings. The van der Waals surface area contributed by atoms with Gasteiger partial charge in [0.1, 0.15) is 17.5 Å². The lowest BCUT2D eigenvalue weighted by molar-refractivity contribution is -0.164. The molecule has 4 amide bonds. The summed E-state index contributed by atoms with van der Waals surface area (Å²) in [5.41, 5.74) is -0.322. The van der Waals surface area contributed by atoms with E-state index in [1.165, 1.54) is 30.3 Å². The Hall–Kier alpha value is -4.48. The van der Waals surface area contributed by atoms with Crippen molar-refractivity contribution in [2.75, 3.05) is 25.0 Å². The van der Waals surface area contributed by atoms with Gasteiger partial charge in [0, 0.05) is 17.8 Å². The van der Waals surface area contributed by atoms with Crippen molar-refractivity contribution in [1.82, 2.24) is 15.5 Å². The van der Waals surface area contributed by atoms with Gasteiger partial charge < -0.3 is 30.3 Å². The highest BCUT2D eigenvalue weighted by Crippen LogP contribution is 2.43. The molecule has 1 aliphatic heterocycles. The number of halogens is 1. The minimum absolute atomic E-state index is 0.0665. The fourth-order valence-corrected chi connectivity index (χ4v) is 4.91. The Balaban J connectivity index is 1.89. The lowest BCUT2D eigenvalue weighted by atomic mass is 9.91. The van der Waals surface area contributed by atoms with E-state index in [9.17, 15) is 24.0 Å². The van der Waals surface area contributed by atoms with Crippen LogP contribution in [0.25, 0.3) is 0 Å². The number of nitrogens with zero attached hydrogens (tertiary/aromatic N) is 1. The van der Waals surface area contributed by atoms with Crippen LogP contribution in [0.2, 0.25) is 0 Å². The summed E-state index contributed by atoms with van der Waals surface area (Å²) >= 11 is 0. The molecule has 0 bridgehead atoms. The third kappa shape index (κ3) is 9.01. The Labute approximate surface area is 256 Å². The zero-order valence-corrected chi connectivity index (χ0v) is 25.9. The predicted octanol–water partition coefficient (Wildman–Crippen LogP) is 4.20. The van der Waals surface area contributed by atoms with Crippen molar-refractivity contribution in [3.63, 3.8) is 0 Å². The molecule has 1 heterocycles. The highest BCUT2D eigenvalue weighted by Gasteiger charge is 2.52. The highest BCUT2D eigenvalue weighted by molar-refractivity contribution is 5.96. The molecular formula is C32H41FN4O7. The first-order valence-corrected chi connectivity index (χ1v) is 14.6. The predicted molar refractivity (Wildman–Crippen MR) is 161 cm³/mol. The van der Waals surface area contributed by atoms with Crippen LogP contribution in [-0.2, 0) is 23.9 Å². The molecule has 3 N–H and O–H groups in total. The summed E-state index contributed by atoms with van der Waals surface area (Å²) in [6.45, 7) is 10.5. The fraction of sp³-hybridized carbons (Fsp3) is 0.469. The number of amides is 4. The van der Waals surface area contributed by atoms with E-state index in [1.54, 1.807) is 45.9 Å². The lowest BCUT2D eigenvalue weighted by Gasteiger charge is -2.32. The number of ether oxygens (including phenoxy) is 2. The first-order chi connectivity index (χ1) is 20.7. The molecule has 0 radical (unpaired) electrons. The molecule has 0 aliphatic carbocycles. The number of carbonyl (C=O) groups is 5. The zero-order chi connectivity index (χ0) is 32.6. The summed E-state index contributed by atoms with van der Waals surface area (Å²) < 4.78 is 25.8. The zero-order valence-electron chi connectivity index (χ0n) is 25.9. The van der Waals surface area contributed by atoms with Crippen LogP contribution in [0.3, 0.4) is 0 Å². The van der Waals surface area contributed by atoms with Gasteiger partial charge in [-0.15, -0.1) is 0 Å². The summed E-state index contributed by atoms with van der Waals surface area (Å²) in [6.07, 6.45) is -0.101. The van der Waals surface area contributed by atoms with E-state index in [0.717, 1.165) is 4.90 Å². The maximum absolute atomic E-state index is 15.2. The number of hydrogen-bond donors (Lipinski definition) is 3. The van der Waals surface area contributed by atoms with Gasteiger partial charge in [0.2, 0.25) is 11.8 Å². The number of hydrogen-bond acceptors (Lipinski definition) is 7. The second-order valence-electron chi connectivity index (χ2n) is 11.9. The topological polar surface area (TPSA) is 143 Å². The smallest absolute Gasteiger partial charge is 0.338 e. The van der Waals surface area contributed by atoms with Gasteiger partial charge in [-0.1, -0.05) is 38.1 Å². The molecule has 1 saturated heterocycles. The van der Waals surface area contributed by atoms with Gasteiger partial charge in [-0.05, 0) is 64.3 Å². The lowest BCUT2D eigenvalue weighted by Crippen LogP contribution is -2.49. The summed E-state index contributed by atoms with van der Waals surface area (Å²) in [5.74, 6) is -3.92. The largest absolute Gasteiger partial charge is 0.462 e. The number of urea groups is 1. The van der Waals surface area contributed by atoms with Gasteiger partial charge in [0.05, 0.1) is 30.7 Å². The van der Waals surface area contributed by atoms with Crippen LogP contribution in [0.4, 0.5) is 14.9 Å². The third-order valence-corrected chi connectivity index (χ3v) is 6.74. The highest BCUT2D eigenvalue weighted by atomic mass is 19.1. The molecule has 12 heteroatoms. The van der Waals surface area contributed by atoms with Crippen LogP contribution >= 0.6 is 0 Å². The molecule has 3 rings (SSSR count). The van der Waals surface area contributed by atoms with Crippen molar-refractivity contribution >= 4 is 35.5 Å². The number of likely N-dealkylation sites (tertiary alicyclic amines) is 1. The molecule has 0 aromatic heterocycles. The van der Waals surface area contributed by atoms with Crippen LogP contribution in [-0.4, -0.2) is 66.0 Å². The quantitative estimate of drug-likeness (QED) is 0.342. The van der Waals surface area contributed by atoms with E-state index in [2.05, 4.69) is 16.0 Å². The maximum Gasteiger partial charge on any atom is 0.338 e. The minimum atomic E-state index is -1.22. The van der Waals surface area contributed by atoms with Crippen LogP contribution in [0, 0.1) is 17.7 Å². The van der Waals surface area contributed by atoms with Crippen molar-refractivity contribution in [2.45, 2.75) is 65.6 Å². The molecule has 11 nitrogen and oxygen atoms in total. The molecular weight excluding hydrogens is 571 g/mol. The van der Waals surface area contributed by atoms with E-state index >= 15 is 4.39 Å². The molecule has 238 valence electrons. The molecule has 0 spiro atoms. The molecule has 1 fully saturated rings. The fourth-order valence-electron chi connectivity index (χ4n) is 4.91. The van der Waals surface area contributed by atoms with Gasteiger partial charge in [-0.3, -0.25) is 9.59 Å². The molecule has 2 aromatic carbocycles. The maximum atomic E-state index is 15.2. The Morgan fingerprint density at radius 1 is 1.02 bits per heavy atom. The summed E-state index contributed by atoms with van der Waals surface area (Å²) in [5, 5.41) is 7.85. The van der Waals surface area contributed by atoms with Crippen molar-refractivity contribution in [1.29, 1.82) is 0 Å². The minimum Gasteiger partial charge on any atom is -0.462 e. The first-order valence-electron chi connectivity index (χ1n) is 14.6. The van der Waals surface area contributed by atoms with E-state index < -0.39 is 65.7 Å². The van der Waals surface area contributed by atoms with E-state index in [4.69, 9.17) is 9.47 Å². The van der Waals surface area contributed by atoms with Gasteiger partial charge in [-0.25, -0.2) is 18.8 Å². The monoisotopic (exact) mass is 612 g/mol.